The third-order valence-corrected chi connectivity index (χ3v) is 5.82. The molecule has 0 amide bonds. The fourth-order valence-electron chi connectivity index (χ4n) is 4.12. The van der Waals surface area contributed by atoms with E-state index in [1.165, 1.54) is 5.56 Å². The zero-order valence-electron chi connectivity index (χ0n) is 17.5. The molecule has 1 N–H and O–H groups in total. The van der Waals surface area contributed by atoms with Crippen molar-refractivity contribution >= 4 is 0 Å². The van der Waals surface area contributed by atoms with Crippen molar-refractivity contribution in [2.45, 2.75) is 52.6 Å². The van der Waals surface area contributed by atoms with E-state index in [2.05, 4.69) is 41.1 Å². The maximum atomic E-state index is 12.3. The first kappa shape index (κ1) is 19.6. The number of likely N-dealkylation sites (tertiary alicyclic amines) is 1. The average molecular weight is 392 g/mol. The molecule has 0 spiro atoms. The minimum atomic E-state index is -0.0726. The number of hydrogen-bond donors (Lipinski definition) is 1. The first-order valence-corrected chi connectivity index (χ1v) is 10.5. The molecule has 1 fully saturated rings. The van der Waals surface area contributed by atoms with Crippen LogP contribution in [0, 0.1) is 13.8 Å². The Morgan fingerprint density at radius 3 is 2.66 bits per heavy atom. The van der Waals surface area contributed by atoms with Crippen molar-refractivity contribution in [2.75, 3.05) is 13.1 Å². The Morgan fingerprint density at radius 1 is 1.17 bits per heavy atom. The summed E-state index contributed by atoms with van der Waals surface area (Å²) in [5.41, 5.74) is 5.39. The van der Waals surface area contributed by atoms with Crippen LogP contribution in [-0.2, 0) is 13.1 Å². The van der Waals surface area contributed by atoms with Crippen molar-refractivity contribution in [3.63, 3.8) is 0 Å². The number of piperidine rings is 1. The lowest BCUT2D eigenvalue weighted by Crippen LogP contribution is -2.33. The van der Waals surface area contributed by atoms with Gasteiger partial charge in [-0.25, -0.2) is 4.98 Å². The maximum Gasteiger partial charge on any atom is 0.251 e. The molecule has 3 aromatic rings. The SMILES string of the molecule is CCn1cc(CN2CCC(c3cc(=O)[nH]c(-c4cccc(C)c4)n3)CC2)c(C)n1. The van der Waals surface area contributed by atoms with Crippen LogP contribution in [-0.4, -0.2) is 37.7 Å². The van der Waals surface area contributed by atoms with E-state index in [1.807, 2.05) is 29.8 Å². The van der Waals surface area contributed by atoms with E-state index in [1.54, 1.807) is 6.07 Å². The molecule has 0 saturated carbocycles. The fraction of sp³-hybridized carbons (Fsp3) is 0.435. The quantitative estimate of drug-likeness (QED) is 0.721. The van der Waals surface area contributed by atoms with Crippen molar-refractivity contribution in [1.29, 1.82) is 0 Å². The van der Waals surface area contributed by atoms with Crippen molar-refractivity contribution in [3.05, 3.63) is 69.4 Å². The van der Waals surface area contributed by atoms with Gasteiger partial charge in [0.05, 0.1) is 11.4 Å². The lowest BCUT2D eigenvalue weighted by Gasteiger charge is -2.31. The molecule has 4 rings (SSSR count). The third-order valence-electron chi connectivity index (χ3n) is 5.82. The summed E-state index contributed by atoms with van der Waals surface area (Å²) in [4.78, 5) is 22.5. The molecule has 0 radical (unpaired) electrons. The molecule has 1 aliphatic heterocycles. The molecule has 0 bridgehead atoms. The highest BCUT2D eigenvalue weighted by Crippen LogP contribution is 2.28. The Bertz CT molecular complexity index is 1040. The number of rotatable bonds is 5. The zero-order valence-corrected chi connectivity index (χ0v) is 17.5. The summed E-state index contributed by atoms with van der Waals surface area (Å²) in [6, 6.07) is 9.78. The highest BCUT2D eigenvalue weighted by Gasteiger charge is 2.23. The lowest BCUT2D eigenvalue weighted by atomic mass is 9.93. The predicted molar refractivity (Wildman–Crippen MR) is 115 cm³/mol. The highest BCUT2D eigenvalue weighted by atomic mass is 16.1. The zero-order chi connectivity index (χ0) is 20.4. The fourth-order valence-corrected chi connectivity index (χ4v) is 4.12. The number of benzene rings is 1. The van der Waals surface area contributed by atoms with Crippen molar-refractivity contribution in [1.82, 2.24) is 24.6 Å². The van der Waals surface area contributed by atoms with Crippen LogP contribution in [0.25, 0.3) is 11.4 Å². The first-order valence-electron chi connectivity index (χ1n) is 10.5. The van der Waals surface area contributed by atoms with E-state index in [0.717, 1.165) is 61.5 Å². The number of aromatic nitrogens is 4. The van der Waals surface area contributed by atoms with Crippen LogP contribution in [0.5, 0.6) is 0 Å². The van der Waals surface area contributed by atoms with Gasteiger partial charge in [-0.3, -0.25) is 14.4 Å². The molecule has 3 heterocycles. The molecular weight excluding hydrogens is 362 g/mol. The molecule has 6 heteroatoms. The number of hydrogen-bond acceptors (Lipinski definition) is 4. The minimum absolute atomic E-state index is 0.0726. The van der Waals surface area contributed by atoms with Crippen molar-refractivity contribution in [3.8, 4) is 11.4 Å². The third kappa shape index (κ3) is 4.48. The molecule has 152 valence electrons. The summed E-state index contributed by atoms with van der Waals surface area (Å²) in [6.07, 6.45) is 4.20. The molecule has 1 aromatic carbocycles. The highest BCUT2D eigenvalue weighted by molar-refractivity contribution is 5.55. The van der Waals surface area contributed by atoms with Gasteiger partial charge < -0.3 is 4.98 Å². The molecular formula is C23H29N5O. The monoisotopic (exact) mass is 391 g/mol. The van der Waals surface area contributed by atoms with E-state index >= 15 is 0 Å². The Hall–Kier alpha value is -2.73. The molecule has 0 unspecified atom stereocenters. The van der Waals surface area contributed by atoms with Crippen molar-refractivity contribution < 1.29 is 0 Å². The van der Waals surface area contributed by atoms with Gasteiger partial charge in [0.2, 0.25) is 0 Å². The second kappa shape index (κ2) is 8.33. The van der Waals surface area contributed by atoms with Crippen LogP contribution in [0.3, 0.4) is 0 Å². The van der Waals surface area contributed by atoms with E-state index in [9.17, 15) is 4.79 Å². The van der Waals surface area contributed by atoms with E-state index < -0.39 is 0 Å². The first-order chi connectivity index (χ1) is 14.0. The lowest BCUT2D eigenvalue weighted by molar-refractivity contribution is 0.203. The molecule has 0 aliphatic carbocycles. The summed E-state index contributed by atoms with van der Waals surface area (Å²) in [6.45, 7) is 10.1. The molecule has 2 aromatic heterocycles. The van der Waals surface area contributed by atoms with Gasteiger partial charge in [-0.1, -0.05) is 23.8 Å². The Labute approximate surface area is 171 Å². The Morgan fingerprint density at radius 2 is 1.97 bits per heavy atom. The summed E-state index contributed by atoms with van der Waals surface area (Å²) < 4.78 is 2.00. The van der Waals surface area contributed by atoms with Crippen LogP contribution >= 0.6 is 0 Å². The number of aromatic amines is 1. The Kier molecular flexibility index (Phi) is 5.62. The van der Waals surface area contributed by atoms with Gasteiger partial charge in [0, 0.05) is 42.4 Å². The van der Waals surface area contributed by atoms with Gasteiger partial charge in [-0.2, -0.15) is 5.10 Å². The molecule has 1 saturated heterocycles. The molecule has 6 nitrogen and oxygen atoms in total. The van der Waals surface area contributed by atoms with Gasteiger partial charge >= 0.3 is 0 Å². The van der Waals surface area contributed by atoms with Gasteiger partial charge in [0.1, 0.15) is 5.82 Å². The number of aryl methyl sites for hydroxylation is 3. The summed E-state index contributed by atoms with van der Waals surface area (Å²) in [5.74, 6) is 0.998. The van der Waals surface area contributed by atoms with Crippen LogP contribution in [0.4, 0.5) is 0 Å². The van der Waals surface area contributed by atoms with E-state index in [4.69, 9.17) is 4.98 Å². The van der Waals surface area contributed by atoms with Gasteiger partial charge in [-0.05, 0) is 52.8 Å². The number of nitrogens with one attached hydrogen (secondary N) is 1. The van der Waals surface area contributed by atoms with Crippen LogP contribution in [0.1, 0.15) is 48.2 Å². The van der Waals surface area contributed by atoms with Crippen molar-refractivity contribution in [2.24, 2.45) is 0 Å². The molecule has 29 heavy (non-hydrogen) atoms. The van der Waals surface area contributed by atoms with E-state index in [0.29, 0.717) is 11.7 Å². The largest absolute Gasteiger partial charge is 0.307 e. The summed E-state index contributed by atoms with van der Waals surface area (Å²) in [5, 5.41) is 4.55. The van der Waals surface area contributed by atoms with Crippen LogP contribution in [0.15, 0.2) is 41.3 Å². The smallest absolute Gasteiger partial charge is 0.251 e. The van der Waals surface area contributed by atoms with E-state index in [-0.39, 0.29) is 5.56 Å². The minimum Gasteiger partial charge on any atom is -0.307 e. The molecule has 0 atom stereocenters. The van der Waals surface area contributed by atoms with Crippen LogP contribution in [0.2, 0.25) is 0 Å². The standard InChI is InChI=1S/C23H29N5O/c1-4-28-15-20(17(3)26-28)14-27-10-8-18(9-11-27)21-13-22(29)25-23(24-21)19-7-5-6-16(2)12-19/h5-7,12-13,15,18H,4,8-11,14H2,1-3H3,(H,24,25,29). The Balaban J connectivity index is 1.45. The van der Waals surface area contributed by atoms with Gasteiger partial charge in [0.15, 0.2) is 0 Å². The summed E-state index contributed by atoms with van der Waals surface area (Å²) >= 11 is 0. The predicted octanol–water partition coefficient (Wildman–Crippen LogP) is 3.65. The second-order valence-corrected chi connectivity index (χ2v) is 8.03. The normalized spacial score (nSPS) is 15.7. The van der Waals surface area contributed by atoms with Gasteiger partial charge in [0.25, 0.3) is 5.56 Å². The van der Waals surface area contributed by atoms with Crippen LogP contribution < -0.4 is 5.56 Å². The topological polar surface area (TPSA) is 66.8 Å². The number of nitrogens with zero attached hydrogens (tertiary/aromatic N) is 4. The number of H-pyrrole nitrogens is 1. The molecule has 1 aliphatic rings. The van der Waals surface area contributed by atoms with Gasteiger partial charge in [-0.15, -0.1) is 0 Å². The average Bonchev–Trinajstić information content (AvgIpc) is 3.07. The second-order valence-electron chi connectivity index (χ2n) is 8.03. The maximum absolute atomic E-state index is 12.3. The summed E-state index contributed by atoms with van der Waals surface area (Å²) in [7, 11) is 0.